The summed E-state index contributed by atoms with van der Waals surface area (Å²) < 4.78 is 8.16. The van der Waals surface area contributed by atoms with Gasteiger partial charge < -0.3 is 14.0 Å². The van der Waals surface area contributed by atoms with E-state index in [0.717, 1.165) is 62.1 Å². The summed E-state index contributed by atoms with van der Waals surface area (Å²) in [6.45, 7) is 13.9. The summed E-state index contributed by atoms with van der Waals surface area (Å²) in [5, 5.41) is 4.82. The SMILES string of the molecule is CC(C)Cc1cc(-c2[c-]cccc2)ncc1[Si](C)(C)C.Cc1cc(-c2ccccc2)ccc1-n1c(-c2[c-]oc3cc4ccccc4cc23)nc2ccccc21.[Ir]. The van der Waals surface area contributed by atoms with E-state index in [1.807, 2.05) is 36.4 Å². The summed E-state index contributed by atoms with van der Waals surface area (Å²) in [7, 11) is -1.34. The van der Waals surface area contributed by atoms with E-state index in [1.54, 1.807) is 0 Å². The van der Waals surface area contributed by atoms with Crippen LogP contribution in [0, 0.1) is 25.2 Å². The third-order valence-electron chi connectivity index (χ3n) is 10.1. The number of fused-ring (bicyclic) bond motifs is 3. The van der Waals surface area contributed by atoms with Gasteiger partial charge in [-0.15, -0.1) is 35.9 Å². The molecule has 0 saturated carbocycles. The summed E-state index contributed by atoms with van der Waals surface area (Å²) in [6.07, 6.45) is 6.41. The number of pyridine rings is 1. The first-order valence-electron chi connectivity index (χ1n) is 19.1. The van der Waals surface area contributed by atoms with Crippen molar-refractivity contribution in [3.05, 3.63) is 169 Å². The van der Waals surface area contributed by atoms with E-state index in [-0.39, 0.29) is 20.1 Å². The molecule has 3 heterocycles. The Balaban J connectivity index is 0.000000197. The predicted molar refractivity (Wildman–Crippen MR) is 233 cm³/mol. The maximum absolute atomic E-state index is 5.93. The monoisotopic (exact) mass is 924 g/mol. The Morgan fingerprint density at radius 3 is 2.18 bits per heavy atom. The molecule has 9 aromatic rings. The van der Waals surface area contributed by atoms with Crippen LogP contribution in [0.25, 0.3) is 72.2 Å². The Morgan fingerprint density at radius 1 is 0.750 bits per heavy atom. The van der Waals surface area contributed by atoms with E-state index in [4.69, 9.17) is 9.40 Å². The zero-order valence-electron chi connectivity index (χ0n) is 32.7. The second kappa shape index (κ2) is 16.4. The van der Waals surface area contributed by atoms with E-state index in [1.165, 1.54) is 32.8 Å². The van der Waals surface area contributed by atoms with Crippen molar-refractivity contribution < 1.29 is 24.5 Å². The second-order valence-electron chi connectivity index (χ2n) is 15.8. The van der Waals surface area contributed by atoms with Crippen LogP contribution < -0.4 is 5.19 Å². The van der Waals surface area contributed by atoms with Crippen molar-refractivity contribution in [1.82, 2.24) is 14.5 Å². The van der Waals surface area contributed by atoms with Crippen molar-refractivity contribution in [2.45, 2.75) is 46.8 Å². The van der Waals surface area contributed by atoms with Crippen molar-refractivity contribution in [1.29, 1.82) is 0 Å². The molecule has 0 fully saturated rings. The number of imidazole rings is 1. The molecule has 0 spiro atoms. The van der Waals surface area contributed by atoms with Crippen LogP contribution in [0.1, 0.15) is 25.0 Å². The van der Waals surface area contributed by atoms with Gasteiger partial charge in [-0.1, -0.05) is 141 Å². The Bertz CT molecular complexity index is 2760. The predicted octanol–water partition coefficient (Wildman–Crippen LogP) is 12.7. The fraction of sp³-hybridized carbons (Fsp3) is 0.160. The molecule has 1 radical (unpaired) electrons. The third-order valence-corrected chi connectivity index (χ3v) is 12.2. The summed E-state index contributed by atoms with van der Waals surface area (Å²) in [4.78, 5) is 9.74. The van der Waals surface area contributed by atoms with Crippen LogP contribution >= 0.6 is 0 Å². The maximum Gasteiger partial charge on any atom is 0.0798 e. The minimum Gasteiger partial charge on any atom is -0.557 e. The first-order chi connectivity index (χ1) is 26.6. The van der Waals surface area contributed by atoms with Crippen molar-refractivity contribution in [3.8, 4) is 39.5 Å². The van der Waals surface area contributed by atoms with Crippen LogP contribution in [0.3, 0.4) is 0 Å². The number of aromatic nitrogens is 3. The van der Waals surface area contributed by atoms with Crippen molar-refractivity contribution in [2.75, 3.05) is 0 Å². The number of rotatable bonds is 7. The topological polar surface area (TPSA) is 43.9 Å². The number of benzene rings is 6. The molecule has 281 valence electrons. The van der Waals surface area contributed by atoms with Gasteiger partial charge in [-0.3, -0.25) is 4.98 Å². The molecule has 56 heavy (non-hydrogen) atoms. The van der Waals surface area contributed by atoms with E-state index in [9.17, 15) is 0 Å². The molecule has 0 aliphatic heterocycles. The average Bonchev–Trinajstić information content (AvgIpc) is 3.78. The van der Waals surface area contributed by atoms with Gasteiger partial charge in [0.2, 0.25) is 0 Å². The van der Waals surface area contributed by atoms with Gasteiger partial charge in [-0.05, 0) is 81.9 Å². The summed E-state index contributed by atoms with van der Waals surface area (Å²) in [5.74, 6) is 1.50. The Hall–Kier alpha value is -5.39. The maximum atomic E-state index is 5.93. The first kappa shape index (κ1) is 38.9. The van der Waals surface area contributed by atoms with E-state index in [0.29, 0.717) is 5.92 Å². The van der Waals surface area contributed by atoms with Gasteiger partial charge in [0.1, 0.15) is 0 Å². The minimum absolute atomic E-state index is 0. The molecule has 6 heteroatoms. The van der Waals surface area contributed by atoms with Gasteiger partial charge in [-0.25, -0.2) is 0 Å². The van der Waals surface area contributed by atoms with Gasteiger partial charge in [-0.2, -0.15) is 0 Å². The van der Waals surface area contributed by atoms with Gasteiger partial charge in [0, 0.05) is 43.8 Å². The molecule has 0 aliphatic carbocycles. The average molecular weight is 924 g/mol. The summed E-state index contributed by atoms with van der Waals surface area (Å²) >= 11 is 0. The molecule has 0 saturated heterocycles. The molecule has 0 unspecified atom stereocenters. The zero-order valence-corrected chi connectivity index (χ0v) is 36.1. The molecule has 0 bridgehead atoms. The molecule has 0 N–H and O–H groups in total. The van der Waals surface area contributed by atoms with Gasteiger partial charge in [0.15, 0.2) is 0 Å². The van der Waals surface area contributed by atoms with Crippen LogP contribution in [0.2, 0.25) is 19.6 Å². The smallest absolute Gasteiger partial charge is 0.0798 e. The second-order valence-corrected chi connectivity index (χ2v) is 20.8. The number of aryl methyl sites for hydroxylation is 1. The van der Waals surface area contributed by atoms with Gasteiger partial charge in [0.25, 0.3) is 0 Å². The van der Waals surface area contributed by atoms with Crippen LogP contribution in [0.4, 0.5) is 0 Å². The van der Waals surface area contributed by atoms with Crippen LogP contribution in [0.15, 0.2) is 150 Å². The van der Waals surface area contributed by atoms with Gasteiger partial charge >= 0.3 is 0 Å². The van der Waals surface area contributed by atoms with Crippen molar-refractivity contribution >= 4 is 46.0 Å². The Labute approximate surface area is 344 Å². The van der Waals surface area contributed by atoms with E-state index in [2.05, 4.69) is 172 Å². The molecule has 9 rings (SSSR count). The molecule has 6 aromatic carbocycles. The van der Waals surface area contributed by atoms with E-state index >= 15 is 0 Å². The number of nitrogens with zero attached hydrogens (tertiary/aromatic N) is 3. The first-order valence-corrected chi connectivity index (χ1v) is 22.6. The normalized spacial score (nSPS) is 11.5. The molecule has 0 aliphatic rings. The van der Waals surface area contributed by atoms with Crippen LogP contribution in [-0.2, 0) is 26.5 Å². The summed E-state index contributed by atoms with van der Waals surface area (Å²) in [5.41, 5.74) is 12.0. The fourth-order valence-corrected chi connectivity index (χ4v) is 9.05. The number of para-hydroxylation sites is 2. The molecule has 0 amide bonds. The Kier molecular flexibility index (Phi) is 11.4. The minimum atomic E-state index is -1.34. The van der Waals surface area contributed by atoms with Crippen LogP contribution in [-0.4, -0.2) is 22.6 Å². The largest absolute Gasteiger partial charge is 0.557 e. The molecule has 3 aromatic heterocycles. The quantitative estimate of drug-likeness (QED) is 0.118. The number of hydrogen-bond donors (Lipinski definition) is 0. The molecule has 0 atom stereocenters. The van der Waals surface area contributed by atoms with Crippen LogP contribution in [0.5, 0.6) is 0 Å². The summed E-state index contributed by atoms with van der Waals surface area (Å²) in [6, 6.07) is 51.6. The van der Waals surface area contributed by atoms with E-state index < -0.39 is 8.07 Å². The third kappa shape index (κ3) is 7.96. The standard InChI is InChI=1S/C32H21N2O.C18H24NSi.Ir/c1-21-17-25(22-9-3-2-4-10-22)15-16-29(21)34-30-14-8-7-13-28(30)33-32(34)27-20-35-31-19-24-12-6-5-11-23(24)18-26(27)31;1-14(2)11-16-12-17(15-9-7-6-8-10-15)19-13-18(16)20(3,4)5;/h2-19H,1H3;6-9,12-14H,11H2,1-5H3;/q2*-1;. The van der Waals surface area contributed by atoms with Gasteiger partial charge in [0.05, 0.1) is 24.9 Å². The fourth-order valence-electron chi connectivity index (χ4n) is 7.46. The Morgan fingerprint density at radius 2 is 1.46 bits per heavy atom. The molecular weight excluding hydrogens is 879 g/mol. The number of furan rings is 1. The molecule has 4 nitrogen and oxygen atoms in total. The number of hydrogen-bond acceptors (Lipinski definition) is 3. The van der Waals surface area contributed by atoms with Crippen molar-refractivity contribution in [2.24, 2.45) is 5.92 Å². The zero-order chi connectivity index (χ0) is 38.1. The molecular formula is C50H45IrN3OSi-2. The van der Waals surface area contributed by atoms with Crippen molar-refractivity contribution in [3.63, 3.8) is 0 Å².